The highest BCUT2D eigenvalue weighted by Crippen LogP contribution is 2.14. The van der Waals surface area contributed by atoms with Gasteiger partial charge in [0.1, 0.15) is 5.56 Å². The third-order valence-electron chi connectivity index (χ3n) is 3.29. The van der Waals surface area contributed by atoms with Gasteiger partial charge in [0, 0.05) is 30.5 Å². The van der Waals surface area contributed by atoms with Crippen molar-refractivity contribution in [3.8, 4) is 0 Å². The number of carbonyl (C=O) groups excluding carboxylic acids is 1. The zero-order valence-electron chi connectivity index (χ0n) is 11.5. The van der Waals surface area contributed by atoms with Gasteiger partial charge >= 0.3 is 0 Å². The van der Waals surface area contributed by atoms with E-state index in [-0.39, 0.29) is 11.7 Å². The van der Waals surface area contributed by atoms with E-state index in [0.29, 0.717) is 17.8 Å². The van der Waals surface area contributed by atoms with Gasteiger partial charge in [-0.15, -0.1) is 0 Å². The van der Waals surface area contributed by atoms with Crippen LogP contribution in [0.3, 0.4) is 0 Å². The monoisotopic (exact) mass is 262 g/mol. The first kappa shape index (κ1) is 13.1. The Morgan fingerprint density at radius 1 is 1.42 bits per heavy atom. The van der Waals surface area contributed by atoms with Gasteiger partial charge in [-0.25, -0.2) is 0 Å². The van der Waals surface area contributed by atoms with Crippen molar-refractivity contribution in [2.24, 2.45) is 7.05 Å². The van der Waals surface area contributed by atoms with Gasteiger partial charge in [0.2, 0.25) is 0 Å². The van der Waals surface area contributed by atoms with Crippen LogP contribution in [0.2, 0.25) is 0 Å². The summed E-state index contributed by atoms with van der Waals surface area (Å²) in [5.74, 6) is -0.0129. The van der Waals surface area contributed by atoms with Crippen molar-refractivity contribution in [1.29, 1.82) is 0 Å². The Morgan fingerprint density at radius 3 is 2.58 bits per heavy atom. The van der Waals surface area contributed by atoms with E-state index in [1.54, 1.807) is 11.6 Å². The van der Waals surface area contributed by atoms with Gasteiger partial charge in [0.05, 0.1) is 5.69 Å². The van der Waals surface area contributed by atoms with E-state index < -0.39 is 0 Å². The molecule has 0 unspecified atom stereocenters. The summed E-state index contributed by atoms with van der Waals surface area (Å²) in [6.07, 6.45) is 0. The van der Waals surface area contributed by atoms with Crippen LogP contribution in [0.1, 0.15) is 33.0 Å². The van der Waals surface area contributed by atoms with Crippen molar-refractivity contribution in [3.05, 3.63) is 28.2 Å². The zero-order valence-corrected chi connectivity index (χ0v) is 11.5. The summed E-state index contributed by atoms with van der Waals surface area (Å²) >= 11 is 0. The molecule has 0 aliphatic carbocycles. The standard InChI is InChI=1S/C12H18N6O/c1-6-9(8(3)18(4)17-6)5-14-12(19)10-7(2)15-16-11(10)13/h5H2,1-4H3,(H,14,19)(H3,13,15,16). The number of nitrogen functional groups attached to an aromatic ring is 1. The summed E-state index contributed by atoms with van der Waals surface area (Å²) in [4.78, 5) is 12.1. The van der Waals surface area contributed by atoms with E-state index >= 15 is 0 Å². The normalized spacial score (nSPS) is 10.7. The molecule has 0 fully saturated rings. The maximum Gasteiger partial charge on any atom is 0.257 e. The number of amides is 1. The SMILES string of the molecule is Cc1nn(C)c(C)c1CNC(=O)c1c(N)n[nH]c1C. The third kappa shape index (κ3) is 2.31. The number of aromatic amines is 1. The van der Waals surface area contributed by atoms with Crippen molar-refractivity contribution in [1.82, 2.24) is 25.3 Å². The molecule has 0 aromatic carbocycles. The lowest BCUT2D eigenvalue weighted by Gasteiger charge is -2.06. The Bertz CT molecular complexity index is 605. The van der Waals surface area contributed by atoms with E-state index in [9.17, 15) is 4.79 Å². The molecule has 2 aromatic rings. The number of nitrogens with one attached hydrogen (secondary N) is 2. The first-order valence-electron chi connectivity index (χ1n) is 5.99. The molecule has 0 saturated heterocycles. The Balaban J connectivity index is 2.13. The second-order valence-electron chi connectivity index (χ2n) is 4.56. The van der Waals surface area contributed by atoms with Gasteiger partial charge in [0.25, 0.3) is 5.91 Å². The number of nitrogens with zero attached hydrogens (tertiary/aromatic N) is 3. The average Bonchev–Trinajstić information content (AvgIpc) is 2.79. The maximum absolute atomic E-state index is 12.1. The highest BCUT2D eigenvalue weighted by atomic mass is 16.1. The zero-order chi connectivity index (χ0) is 14.2. The van der Waals surface area contributed by atoms with Crippen molar-refractivity contribution in [2.45, 2.75) is 27.3 Å². The Labute approximate surface area is 111 Å². The molecule has 102 valence electrons. The molecule has 4 N–H and O–H groups in total. The quantitative estimate of drug-likeness (QED) is 0.753. The number of carbonyl (C=O) groups is 1. The van der Waals surface area contributed by atoms with Gasteiger partial charge < -0.3 is 11.1 Å². The molecular formula is C12H18N6O. The minimum atomic E-state index is -0.230. The predicted octanol–water partition coefficient (Wildman–Crippen LogP) is 0.581. The molecule has 0 saturated carbocycles. The fraction of sp³-hybridized carbons (Fsp3) is 0.417. The largest absolute Gasteiger partial charge is 0.382 e. The van der Waals surface area contributed by atoms with Gasteiger partial charge in [-0.05, 0) is 20.8 Å². The average molecular weight is 262 g/mol. The molecule has 7 heteroatoms. The second kappa shape index (κ2) is 4.75. The fourth-order valence-electron chi connectivity index (χ4n) is 2.06. The number of anilines is 1. The first-order chi connectivity index (χ1) is 8.91. The van der Waals surface area contributed by atoms with E-state index in [1.807, 2.05) is 20.9 Å². The molecule has 0 aliphatic heterocycles. The Kier molecular flexibility index (Phi) is 3.28. The molecule has 0 bridgehead atoms. The number of hydrogen-bond donors (Lipinski definition) is 3. The summed E-state index contributed by atoms with van der Waals surface area (Å²) in [6, 6.07) is 0. The van der Waals surface area contributed by atoms with Crippen molar-refractivity contribution >= 4 is 11.7 Å². The van der Waals surface area contributed by atoms with Gasteiger partial charge in [-0.2, -0.15) is 10.2 Å². The van der Waals surface area contributed by atoms with E-state index in [0.717, 1.165) is 17.0 Å². The lowest BCUT2D eigenvalue weighted by Crippen LogP contribution is -2.24. The Hall–Kier alpha value is -2.31. The molecule has 0 spiro atoms. The molecule has 2 aromatic heterocycles. The summed E-state index contributed by atoms with van der Waals surface area (Å²) in [5.41, 5.74) is 9.69. The minimum absolute atomic E-state index is 0.217. The van der Waals surface area contributed by atoms with Crippen LogP contribution in [-0.2, 0) is 13.6 Å². The molecule has 7 nitrogen and oxygen atoms in total. The molecule has 2 heterocycles. The van der Waals surface area contributed by atoms with Crippen LogP contribution in [0.5, 0.6) is 0 Å². The van der Waals surface area contributed by atoms with Gasteiger partial charge in [-0.3, -0.25) is 14.6 Å². The number of nitrogens with two attached hydrogens (primary N) is 1. The highest BCUT2D eigenvalue weighted by Gasteiger charge is 2.17. The molecular weight excluding hydrogens is 244 g/mol. The van der Waals surface area contributed by atoms with Gasteiger partial charge in [0.15, 0.2) is 5.82 Å². The molecule has 2 rings (SSSR count). The van der Waals surface area contributed by atoms with Gasteiger partial charge in [-0.1, -0.05) is 0 Å². The number of rotatable bonds is 3. The van der Waals surface area contributed by atoms with Crippen molar-refractivity contribution < 1.29 is 4.79 Å². The van der Waals surface area contributed by atoms with Crippen LogP contribution in [0, 0.1) is 20.8 Å². The molecule has 0 aliphatic rings. The van der Waals surface area contributed by atoms with E-state index in [4.69, 9.17) is 5.73 Å². The fourth-order valence-corrected chi connectivity index (χ4v) is 2.06. The van der Waals surface area contributed by atoms with Crippen LogP contribution in [0.15, 0.2) is 0 Å². The van der Waals surface area contributed by atoms with Crippen LogP contribution in [-0.4, -0.2) is 25.9 Å². The topological polar surface area (TPSA) is 102 Å². The summed E-state index contributed by atoms with van der Waals surface area (Å²) in [6.45, 7) is 6.08. The number of H-pyrrole nitrogens is 1. The van der Waals surface area contributed by atoms with Crippen LogP contribution in [0.25, 0.3) is 0 Å². The highest BCUT2D eigenvalue weighted by molar-refractivity contribution is 5.99. The van der Waals surface area contributed by atoms with Crippen LogP contribution >= 0.6 is 0 Å². The molecule has 0 radical (unpaired) electrons. The summed E-state index contributed by atoms with van der Waals surface area (Å²) < 4.78 is 1.80. The lowest BCUT2D eigenvalue weighted by molar-refractivity contribution is 0.0951. The van der Waals surface area contributed by atoms with Crippen molar-refractivity contribution in [2.75, 3.05) is 5.73 Å². The van der Waals surface area contributed by atoms with Crippen LogP contribution in [0.4, 0.5) is 5.82 Å². The summed E-state index contributed by atoms with van der Waals surface area (Å²) in [7, 11) is 1.88. The minimum Gasteiger partial charge on any atom is -0.382 e. The Morgan fingerprint density at radius 2 is 2.11 bits per heavy atom. The number of aryl methyl sites for hydroxylation is 3. The molecule has 1 amide bonds. The van der Waals surface area contributed by atoms with E-state index in [2.05, 4.69) is 20.6 Å². The predicted molar refractivity (Wildman–Crippen MR) is 71.6 cm³/mol. The van der Waals surface area contributed by atoms with E-state index in [1.165, 1.54) is 0 Å². The van der Waals surface area contributed by atoms with Crippen LogP contribution < -0.4 is 11.1 Å². The van der Waals surface area contributed by atoms with Crippen molar-refractivity contribution in [3.63, 3.8) is 0 Å². The molecule has 0 atom stereocenters. The summed E-state index contributed by atoms with van der Waals surface area (Å²) in [5, 5.41) is 13.7. The molecule has 19 heavy (non-hydrogen) atoms. The first-order valence-corrected chi connectivity index (χ1v) is 5.99. The maximum atomic E-state index is 12.1. The lowest BCUT2D eigenvalue weighted by atomic mass is 10.2. The smallest absolute Gasteiger partial charge is 0.257 e. The number of aromatic nitrogens is 4. The second-order valence-corrected chi connectivity index (χ2v) is 4.56. The third-order valence-corrected chi connectivity index (χ3v) is 3.29. The number of hydrogen-bond acceptors (Lipinski definition) is 4.